The highest BCUT2D eigenvalue weighted by Crippen LogP contribution is 2.28. The van der Waals surface area contributed by atoms with Gasteiger partial charge in [-0.1, -0.05) is 25.7 Å². The lowest BCUT2D eigenvalue weighted by Crippen LogP contribution is -1.97. The van der Waals surface area contributed by atoms with Crippen LogP contribution in [0, 0.1) is 19.8 Å². The molecular weight excluding hydrogens is 220 g/mol. The van der Waals surface area contributed by atoms with E-state index in [9.17, 15) is 0 Å². The molecule has 0 radical (unpaired) electrons. The van der Waals surface area contributed by atoms with Crippen LogP contribution < -0.4 is 0 Å². The normalized spacial score (nSPS) is 16.8. The molecular formula is C16H22N2. The van der Waals surface area contributed by atoms with Crippen molar-refractivity contribution in [3.8, 4) is 0 Å². The van der Waals surface area contributed by atoms with Crippen LogP contribution in [0.5, 0.6) is 0 Å². The molecule has 3 rings (SSSR count). The molecule has 0 unspecified atom stereocenters. The summed E-state index contributed by atoms with van der Waals surface area (Å²) in [5.41, 5.74) is 4.99. The highest BCUT2D eigenvalue weighted by atomic mass is 14.9. The van der Waals surface area contributed by atoms with E-state index in [-0.39, 0.29) is 0 Å². The molecule has 1 N–H and O–H groups in total. The Morgan fingerprint density at radius 2 is 1.89 bits per heavy atom. The lowest BCUT2D eigenvalue weighted by molar-refractivity contribution is 0.498. The van der Waals surface area contributed by atoms with Gasteiger partial charge in [0.2, 0.25) is 0 Å². The molecule has 2 heteroatoms. The predicted octanol–water partition coefficient (Wildman–Crippen LogP) is 4.30. The zero-order valence-corrected chi connectivity index (χ0v) is 11.4. The number of aryl methyl sites for hydroxylation is 3. The molecule has 1 aliphatic rings. The lowest BCUT2D eigenvalue weighted by Gasteiger charge is -2.05. The number of aromatic amines is 1. The minimum Gasteiger partial charge on any atom is -0.342 e. The van der Waals surface area contributed by atoms with Gasteiger partial charge >= 0.3 is 0 Å². The van der Waals surface area contributed by atoms with Crippen molar-refractivity contribution in [2.45, 2.75) is 52.4 Å². The van der Waals surface area contributed by atoms with Crippen LogP contribution >= 0.6 is 0 Å². The first-order valence-electron chi connectivity index (χ1n) is 7.18. The first-order valence-corrected chi connectivity index (χ1v) is 7.18. The molecule has 1 fully saturated rings. The average Bonchev–Trinajstić information content (AvgIpc) is 2.96. The minimum absolute atomic E-state index is 0.946. The molecule has 0 aliphatic heterocycles. The maximum absolute atomic E-state index is 4.72. The van der Waals surface area contributed by atoms with Gasteiger partial charge in [-0.3, -0.25) is 0 Å². The Bertz CT molecular complexity index is 508. The number of hydrogen-bond donors (Lipinski definition) is 1. The fourth-order valence-corrected chi connectivity index (χ4v) is 3.08. The van der Waals surface area contributed by atoms with Crippen LogP contribution in [0.3, 0.4) is 0 Å². The van der Waals surface area contributed by atoms with Gasteiger partial charge in [-0.05, 0) is 49.4 Å². The van der Waals surface area contributed by atoms with Gasteiger partial charge in [0.05, 0.1) is 11.0 Å². The van der Waals surface area contributed by atoms with Gasteiger partial charge in [0, 0.05) is 6.42 Å². The quantitative estimate of drug-likeness (QED) is 0.854. The Hall–Kier alpha value is -1.31. The van der Waals surface area contributed by atoms with E-state index < -0.39 is 0 Å². The maximum atomic E-state index is 4.72. The summed E-state index contributed by atoms with van der Waals surface area (Å²) in [4.78, 5) is 8.20. The van der Waals surface area contributed by atoms with Crippen molar-refractivity contribution < 1.29 is 0 Å². The van der Waals surface area contributed by atoms with Crippen LogP contribution in [-0.4, -0.2) is 9.97 Å². The van der Waals surface area contributed by atoms with Crippen LogP contribution in [0.15, 0.2) is 12.1 Å². The van der Waals surface area contributed by atoms with Crippen molar-refractivity contribution in [1.29, 1.82) is 0 Å². The molecule has 96 valence electrons. The van der Waals surface area contributed by atoms with Crippen LogP contribution in [0.2, 0.25) is 0 Å². The van der Waals surface area contributed by atoms with Crippen LogP contribution in [0.1, 0.15) is 49.1 Å². The van der Waals surface area contributed by atoms with Gasteiger partial charge in [-0.25, -0.2) is 4.98 Å². The summed E-state index contributed by atoms with van der Waals surface area (Å²) < 4.78 is 0. The Morgan fingerprint density at radius 3 is 2.67 bits per heavy atom. The van der Waals surface area contributed by atoms with Crippen LogP contribution in [-0.2, 0) is 6.42 Å². The topological polar surface area (TPSA) is 28.7 Å². The van der Waals surface area contributed by atoms with Gasteiger partial charge < -0.3 is 4.98 Å². The number of H-pyrrole nitrogens is 1. The van der Waals surface area contributed by atoms with Gasteiger partial charge in [0.25, 0.3) is 0 Å². The summed E-state index contributed by atoms with van der Waals surface area (Å²) in [6.45, 7) is 4.31. The molecule has 1 aromatic carbocycles. The van der Waals surface area contributed by atoms with Gasteiger partial charge in [0.15, 0.2) is 0 Å². The zero-order valence-electron chi connectivity index (χ0n) is 11.4. The van der Waals surface area contributed by atoms with E-state index in [1.54, 1.807) is 0 Å². The first-order chi connectivity index (χ1) is 8.72. The molecule has 1 saturated carbocycles. The predicted molar refractivity (Wildman–Crippen MR) is 75.8 cm³/mol. The average molecular weight is 242 g/mol. The van der Waals surface area contributed by atoms with E-state index in [0.717, 1.165) is 17.9 Å². The third kappa shape index (κ3) is 2.29. The molecule has 18 heavy (non-hydrogen) atoms. The van der Waals surface area contributed by atoms with Crippen LogP contribution in [0.25, 0.3) is 11.0 Å². The Morgan fingerprint density at radius 1 is 1.17 bits per heavy atom. The molecule has 0 saturated heterocycles. The van der Waals surface area contributed by atoms with Crippen molar-refractivity contribution >= 4 is 11.0 Å². The molecule has 1 aromatic heterocycles. The van der Waals surface area contributed by atoms with Crippen molar-refractivity contribution in [3.05, 3.63) is 29.1 Å². The molecule has 1 heterocycles. The number of hydrogen-bond acceptors (Lipinski definition) is 1. The number of rotatable bonds is 3. The van der Waals surface area contributed by atoms with Gasteiger partial charge in [0.1, 0.15) is 5.82 Å². The number of nitrogens with one attached hydrogen (secondary N) is 1. The second-order valence-electron chi connectivity index (χ2n) is 5.83. The first kappa shape index (κ1) is 11.8. The SMILES string of the molecule is Cc1cc2nc(CCC3CCCC3)[nH]c2cc1C. The molecule has 2 nitrogen and oxygen atoms in total. The highest BCUT2D eigenvalue weighted by Gasteiger charge is 2.15. The maximum Gasteiger partial charge on any atom is 0.107 e. The fourth-order valence-electron chi connectivity index (χ4n) is 3.08. The number of imidazole rings is 1. The molecule has 1 aliphatic carbocycles. The third-order valence-corrected chi connectivity index (χ3v) is 4.41. The monoisotopic (exact) mass is 242 g/mol. The second kappa shape index (κ2) is 4.75. The Labute approximate surface area is 109 Å². The van der Waals surface area contributed by atoms with Crippen LogP contribution in [0.4, 0.5) is 0 Å². The smallest absolute Gasteiger partial charge is 0.107 e. The van der Waals surface area contributed by atoms with E-state index in [1.807, 2.05) is 0 Å². The molecule has 0 spiro atoms. The van der Waals surface area contributed by atoms with E-state index in [2.05, 4.69) is 31.0 Å². The van der Waals surface area contributed by atoms with Crippen molar-refractivity contribution in [3.63, 3.8) is 0 Å². The number of benzene rings is 1. The Balaban J connectivity index is 1.76. The van der Waals surface area contributed by atoms with Crippen molar-refractivity contribution in [2.75, 3.05) is 0 Å². The second-order valence-corrected chi connectivity index (χ2v) is 5.83. The Kier molecular flexibility index (Phi) is 3.11. The summed E-state index contributed by atoms with van der Waals surface area (Å²) in [5, 5.41) is 0. The molecule has 2 aromatic rings. The summed E-state index contributed by atoms with van der Waals surface area (Å²) >= 11 is 0. The summed E-state index contributed by atoms with van der Waals surface area (Å²) in [5.74, 6) is 2.11. The fraction of sp³-hybridized carbons (Fsp3) is 0.562. The van der Waals surface area contributed by atoms with E-state index in [4.69, 9.17) is 4.98 Å². The number of fused-ring (bicyclic) bond motifs is 1. The largest absolute Gasteiger partial charge is 0.342 e. The third-order valence-electron chi connectivity index (χ3n) is 4.41. The van der Waals surface area contributed by atoms with Gasteiger partial charge in [-0.2, -0.15) is 0 Å². The van der Waals surface area contributed by atoms with E-state index >= 15 is 0 Å². The molecule has 0 amide bonds. The zero-order chi connectivity index (χ0) is 12.5. The number of nitrogens with zero attached hydrogens (tertiary/aromatic N) is 1. The standard InChI is InChI=1S/C16H22N2/c1-11-9-14-15(10-12(11)2)18-16(17-14)8-7-13-5-3-4-6-13/h9-10,13H,3-8H2,1-2H3,(H,17,18). The van der Waals surface area contributed by atoms with Crippen molar-refractivity contribution in [1.82, 2.24) is 9.97 Å². The van der Waals surface area contributed by atoms with Gasteiger partial charge in [-0.15, -0.1) is 0 Å². The van der Waals surface area contributed by atoms with E-state index in [0.29, 0.717) is 0 Å². The summed E-state index contributed by atoms with van der Waals surface area (Å²) in [6.07, 6.45) is 8.14. The molecule has 0 bridgehead atoms. The summed E-state index contributed by atoms with van der Waals surface area (Å²) in [7, 11) is 0. The minimum atomic E-state index is 0.946. The van der Waals surface area contributed by atoms with Crippen molar-refractivity contribution in [2.24, 2.45) is 5.92 Å². The lowest BCUT2D eigenvalue weighted by atomic mass is 10.0. The highest BCUT2D eigenvalue weighted by molar-refractivity contribution is 5.77. The summed E-state index contributed by atoms with van der Waals surface area (Å²) in [6, 6.07) is 4.41. The number of aromatic nitrogens is 2. The molecule has 0 atom stereocenters. The van der Waals surface area contributed by atoms with E-state index in [1.165, 1.54) is 54.6 Å².